The Morgan fingerprint density at radius 3 is 2.45 bits per heavy atom. The average Bonchev–Trinajstić information content (AvgIpc) is 2.42. The fourth-order valence-electron chi connectivity index (χ4n) is 1.68. The molecule has 20 heavy (non-hydrogen) atoms. The zero-order chi connectivity index (χ0) is 15.3. The third-order valence-corrected chi connectivity index (χ3v) is 3.16. The number of carbonyl (C=O) groups is 1. The number of methoxy groups -OCH3 is 2. The number of nitrogens with two attached hydrogens (primary N) is 1. The lowest BCUT2D eigenvalue weighted by atomic mass is 9.87. The molecular weight excluding hydrogens is 256 g/mol. The van der Waals surface area contributed by atoms with Crippen molar-refractivity contribution in [3.8, 4) is 11.5 Å². The summed E-state index contributed by atoms with van der Waals surface area (Å²) in [6.07, 6.45) is 0. The number of nitrogens with one attached hydrogen (secondary N) is 1. The van der Waals surface area contributed by atoms with Crippen LogP contribution in [0.5, 0.6) is 11.5 Å². The summed E-state index contributed by atoms with van der Waals surface area (Å²) >= 11 is 0. The molecule has 1 amide bonds. The van der Waals surface area contributed by atoms with E-state index in [0.29, 0.717) is 18.0 Å². The lowest BCUT2D eigenvalue weighted by molar-refractivity contribution is -0.124. The van der Waals surface area contributed by atoms with Crippen LogP contribution in [0, 0.1) is 5.41 Å². The van der Waals surface area contributed by atoms with Gasteiger partial charge in [-0.1, -0.05) is 20.8 Å². The summed E-state index contributed by atoms with van der Waals surface area (Å²) in [7, 11) is 3.18. The fourth-order valence-corrected chi connectivity index (χ4v) is 1.68. The normalized spacial score (nSPS) is 12.7. The van der Waals surface area contributed by atoms with E-state index < -0.39 is 6.04 Å². The Kier molecular flexibility index (Phi) is 5.39. The predicted octanol–water partition coefficient (Wildman–Crippen LogP) is 1.69. The van der Waals surface area contributed by atoms with Crippen LogP contribution in [-0.2, 0) is 11.3 Å². The third-order valence-electron chi connectivity index (χ3n) is 3.16. The molecule has 0 aliphatic heterocycles. The van der Waals surface area contributed by atoms with Crippen molar-refractivity contribution in [2.24, 2.45) is 11.1 Å². The second-order valence-corrected chi connectivity index (χ2v) is 5.74. The monoisotopic (exact) mass is 280 g/mol. The topological polar surface area (TPSA) is 73.6 Å². The maximum atomic E-state index is 12.0. The number of ether oxygens (including phenoxy) is 2. The Labute approximate surface area is 120 Å². The molecule has 1 atom stereocenters. The van der Waals surface area contributed by atoms with Crippen LogP contribution in [0.4, 0.5) is 0 Å². The van der Waals surface area contributed by atoms with Crippen LogP contribution in [0.2, 0.25) is 0 Å². The molecule has 3 N–H and O–H groups in total. The number of amides is 1. The SMILES string of the molecule is COc1ccc(CNC(=O)[C@@H](N)C(C)(C)C)c(OC)c1. The highest BCUT2D eigenvalue weighted by Crippen LogP contribution is 2.24. The molecule has 0 unspecified atom stereocenters. The van der Waals surface area contributed by atoms with Gasteiger partial charge in [0.1, 0.15) is 11.5 Å². The number of hydrogen-bond donors (Lipinski definition) is 2. The van der Waals surface area contributed by atoms with E-state index in [1.807, 2.05) is 32.9 Å². The first kappa shape index (κ1) is 16.3. The van der Waals surface area contributed by atoms with E-state index in [4.69, 9.17) is 15.2 Å². The van der Waals surface area contributed by atoms with Gasteiger partial charge < -0.3 is 20.5 Å². The smallest absolute Gasteiger partial charge is 0.237 e. The molecule has 0 aromatic heterocycles. The minimum Gasteiger partial charge on any atom is -0.497 e. The number of benzene rings is 1. The van der Waals surface area contributed by atoms with Crippen LogP contribution in [0.25, 0.3) is 0 Å². The summed E-state index contributed by atoms with van der Waals surface area (Å²) in [6, 6.07) is 4.92. The number of rotatable bonds is 5. The molecule has 5 heteroatoms. The fraction of sp³-hybridized carbons (Fsp3) is 0.533. The van der Waals surface area contributed by atoms with E-state index in [-0.39, 0.29) is 11.3 Å². The average molecular weight is 280 g/mol. The summed E-state index contributed by atoms with van der Waals surface area (Å²) < 4.78 is 10.4. The standard InChI is InChI=1S/C15H24N2O3/c1-15(2,3)13(16)14(18)17-9-10-6-7-11(19-4)8-12(10)20-5/h6-8,13H,9,16H2,1-5H3,(H,17,18)/t13-/m1/s1. The van der Waals surface area contributed by atoms with Gasteiger partial charge in [0.2, 0.25) is 5.91 Å². The summed E-state index contributed by atoms with van der Waals surface area (Å²) in [5.41, 5.74) is 6.52. The van der Waals surface area contributed by atoms with Crippen molar-refractivity contribution in [2.75, 3.05) is 14.2 Å². The molecule has 0 aliphatic carbocycles. The summed E-state index contributed by atoms with van der Waals surface area (Å²) in [6.45, 7) is 6.18. The van der Waals surface area contributed by atoms with Crippen molar-refractivity contribution in [1.82, 2.24) is 5.32 Å². The highest BCUT2D eigenvalue weighted by molar-refractivity contribution is 5.82. The Hall–Kier alpha value is -1.75. The zero-order valence-electron chi connectivity index (χ0n) is 12.8. The van der Waals surface area contributed by atoms with Gasteiger partial charge in [-0.3, -0.25) is 4.79 Å². The molecule has 0 heterocycles. The van der Waals surface area contributed by atoms with E-state index in [2.05, 4.69) is 5.32 Å². The summed E-state index contributed by atoms with van der Waals surface area (Å²) in [4.78, 5) is 12.0. The van der Waals surface area contributed by atoms with Crippen LogP contribution in [0.3, 0.4) is 0 Å². The largest absolute Gasteiger partial charge is 0.497 e. The van der Waals surface area contributed by atoms with Crippen LogP contribution in [0.1, 0.15) is 26.3 Å². The molecule has 0 aliphatic rings. The van der Waals surface area contributed by atoms with Gasteiger partial charge in [0.05, 0.1) is 20.3 Å². The van der Waals surface area contributed by atoms with Crippen LogP contribution >= 0.6 is 0 Å². The highest BCUT2D eigenvalue weighted by Gasteiger charge is 2.27. The molecule has 0 spiro atoms. The van der Waals surface area contributed by atoms with Gasteiger partial charge in [0.15, 0.2) is 0 Å². The van der Waals surface area contributed by atoms with E-state index >= 15 is 0 Å². The lowest BCUT2D eigenvalue weighted by Gasteiger charge is -2.26. The molecule has 5 nitrogen and oxygen atoms in total. The number of hydrogen-bond acceptors (Lipinski definition) is 4. The highest BCUT2D eigenvalue weighted by atomic mass is 16.5. The zero-order valence-corrected chi connectivity index (χ0v) is 12.8. The van der Waals surface area contributed by atoms with Gasteiger partial charge in [-0.25, -0.2) is 0 Å². The van der Waals surface area contributed by atoms with Gasteiger partial charge in [0.25, 0.3) is 0 Å². The van der Waals surface area contributed by atoms with Gasteiger partial charge in [-0.05, 0) is 17.5 Å². The van der Waals surface area contributed by atoms with Crippen molar-refractivity contribution < 1.29 is 14.3 Å². The second-order valence-electron chi connectivity index (χ2n) is 5.74. The first-order chi connectivity index (χ1) is 9.29. The second kappa shape index (κ2) is 6.61. The molecule has 0 bridgehead atoms. The molecule has 0 fully saturated rings. The molecule has 0 radical (unpaired) electrons. The van der Waals surface area contributed by atoms with Gasteiger partial charge in [-0.15, -0.1) is 0 Å². The van der Waals surface area contributed by atoms with Crippen molar-refractivity contribution in [2.45, 2.75) is 33.4 Å². The van der Waals surface area contributed by atoms with Crippen LogP contribution in [-0.4, -0.2) is 26.2 Å². The summed E-state index contributed by atoms with van der Waals surface area (Å²) in [5.74, 6) is 1.22. The van der Waals surface area contributed by atoms with Crippen LogP contribution in [0.15, 0.2) is 18.2 Å². The van der Waals surface area contributed by atoms with Crippen molar-refractivity contribution >= 4 is 5.91 Å². The van der Waals surface area contributed by atoms with Gasteiger partial charge >= 0.3 is 0 Å². The van der Waals surface area contributed by atoms with E-state index in [0.717, 1.165) is 5.56 Å². The molecule has 1 aromatic rings. The van der Waals surface area contributed by atoms with E-state index in [1.54, 1.807) is 20.3 Å². The Morgan fingerprint density at radius 2 is 1.95 bits per heavy atom. The van der Waals surface area contributed by atoms with Gasteiger partial charge in [0, 0.05) is 18.2 Å². The van der Waals surface area contributed by atoms with Crippen molar-refractivity contribution in [1.29, 1.82) is 0 Å². The maximum Gasteiger partial charge on any atom is 0.237 e. The van der Waals surface area contributed by atoms with Crippen molar-refractivity contribution in [3.63, 3.8) is 0 Å². The van der Waals surface area contributed by atoms with Gasteiger partial charge in [-0.2, -0.15) is 0 Å². The first-order valence-corrected chi connectivity index (χ1v) is 6.53. The first-order valence-electron chi connectivity index (χ1n) is 6.53. The van der Waals surface area contributed by atoms with Crippen molar-refractivity contribution in [3.05, 3.63) is 23.8 Å². The minimum atomic E-state index is -0.549. The number of carbonyl (C=O) groups excluding carboxylic acids is 1. The molecular formula is C15H24N2O3. The molecule has 1 aromatic carbocycles. The third kappa shape index (κ3) is 4.13. The molecule has 112 valence electrons. The lowest BCUT2D eigenvalue weighted by Crippen LogP contribution is -2.48. The quantitative estimate of drug-likeness (QED) is 0.861. The predicted molar refractivity (Wildman–Crippen MR) is 78.8 cm³/mol. The molecule has 1 rings (SSSR count). The summed E-state index contributed by atoms with van der Waals surface area (Å²) in [5, 5.41) is 2.83. The van der Waals surface area contributed by atoms with E-state index in [9.17, 15) is 4.79 Å². The molecule has 0 saturated carbocycles. The Morgan fingerprint density at radius 1 is 1.30 bits per heavy atom. The minimum absolute atomic E-state index is 0.171. The molecule has 0 saturated heterocycles. The van der Waals surface area contributed by atoms with Crippen LogP contribution < -0.4 is 20.5 Å². The Balaban J connectivity index is 2.73. The Bertz CT molecular complexity index is 467. The maximum absolute atomic E-state index is 12.0. The van der Waals surface area contributed by atoms with E-state index in [1.165, 1.54) is 0 Å².